The monoisotopic (exact) mass is 416 g/mol. The van der Waals surface area contributed by atoms with E-state index in [2.05, 4.69) is 20.6 Å². The van der Waals surface area contributed by atoms with E-state index >= 15 is 0 Å². The van der Waals surface area contributed by atoms with Crippen molar-refractivity contribution in [3.05, 3.63) is 63.9 Å². The Labute approximate surface area is 174 Å². The van der Waals surface area contributed by atoms with Crippen LogP contribution in [0.4, 0.5) is 5.82 Å². The van der Waals surface area contributed by atoms with E-state index in [9.17, 15) is 4.79 Å². The van der Waals surface area contributed by atoms with Gasteiger partial charge in [0.25, 0.3) is 0 Å². The van der Waals surface area contributed by atoms with Crippen LogP contribution < -0.4 is 10.6 Å². The molecule has 3 rings (SSSR count). The van der Waals surface area contributed by atoms with Gasteiger partial charge in [0.05, 0.1) is 16.6 Å². The van der Waals surface area contributed by atoms with Gasteiger partial charge in [-0.15, -0.1) is 0 Å². The average Bonchev–Trinajstić information content (AvgIpc) is 2.68. The maximum atomic E-state index is 12.3. The minimum atomic E-state index is -0.0436. The summed E-state index contributed by atoms with van der Waals surface area (Å²) in [7, 11) is 0. The summed E-state index contributed by atoms with van der Waals surface area (Å²) >= 11 is 12.4. The minimum absolute atomic E-state index is 0.0333. The summed E-state index contributed by atoms with van der Waals surface area (Å²) < 4.78 is 0. The van der Waals surface area contributed by atoms with Crippen LogP contribution in [0.2, 0.25) is 10.0 Å². The maximum absolute atomic E-state index is 12.3. The van der Waals surface area contributed by atoms with E-state index in [0.29, 0.717) is 46.6 Å². The van der Waals surface area contributed by atoms with Crippen molar-refractivity contribution in [3.63, 3.8) is 0 Å². The molecule has 5 nitrogen and oxygen atoms in total. The molecule has 3 aromatic rings. The van der Waals surface area contributed by atoms with Gasteiger partial charge in [0.15, 0.2) is 0 Å². The molecule has 28 heavy (non-hydrogen) atoms. The van der Waals surface area contributed by atoms with Crippen LogP contribution in [0, 0.1) is 0 Å². The van der Waals surface area contributed by atoms with Gasteiger partial charge >= 0.3 is 0 Å². The number of benzene rings is 2. The Bertz CT molecular complexity index is 979. The average molecular weight is 417 g/mol. The van der Waals surface area contributed by atoms with Gasteiger partial charge in [0, 0.05) is 29.8 Å². The van der Waals surface area contributed by atoms with Crippen molar-refractivity contribution in [1.82, 2.24) is 15.3 Å². The lowest BCUT2D eigenvalue weighted by Gasteiger charge is -2.15. The first-order chi connectivity index (χ1) is 13.5. The normalized spacial score (nSPS) is 12.0. The summed E-state index contributed by atoms with van der Waals surface area (Å²) in [5.74, 6) is 1.28. The fourth-order valence-electron chi connectivity index (χ4n) is 2.93. The number of nitrogens with one attached hydrogen (secondary N) is 2. The van der Waals surface area contributed by atoms with Crippen molar-refractivity contribution in [2.45, 2.75) is 32.7 Å². The van der Waals surface area contributed by atoms with Crippen LogP contribution in [-0.2, 0) is 11.2 Å². The molecule has 0 spiro atoms. The third-order valence-corrected chi connectivity index (χ3v) is 4.91. The van der Waals surface area contributed by atoms with Gasteiger partial charge in [-0.1, -0.05) is 60.5 Å². The lowest BCUT2D eigenvalue weighted by Crippen LogP contribution is -2.28. The second-order valence-electron chi connectivity index (χ2n) is 6.50. The van der Waals surface area contributed by atoms with E-state index in [1.54, 1.807) is 12.1 Å². The molecule has 0 saturated carbocycles. The number of anilines is 1. The predicted molar refractivity (Wildman–Crippen MR) is 115 cm³/mol. The second kappa shape index (κ2) is 9.22. The van der Waals surface area contributed by atoms with Crippen molar-refractivity contribution in [2.24, 2.45) is 0 Å². The third kappa shape index (κ3) is 4.91. The zero-order valence-electron chi connectivity index (χ0n) is 15.8. The van der Waals surface area contributed by atoms with Crippen LogP contribution in [0.25, 0.3) is 10.9 Å². The van der Waals surface area contributed by atoms with Crippen molar-refractivity contribution < 1.29 is 4.79 Å². The smallest absolute Gasteiger partial charge is 0.222 e. The third-order valence-electron chi connectivity index (χ3n) is 4.40. The molecular weight excluding hydrogens is 395 g/mol. The molecule has 146 valence electrons. The largest absolute Gasteiger partial charge is 0.369 e. The Kier molecular flexibility index (Phi) is 6.70. The van der Waals surface area contributed by atoms with Gasteiger partial charge < -0.3 is 10.6 Å². The van der Waals surface area contributed by atoms with Crippen LogP contribution in [0.3, 0.4) is 0 Å². The number of rotatable bonds is 7. The molecule has 0 bridgehead atoms. The zero-order valence-corrected chi connectivity index (χ0v) is 17.3. The Morgan fingerprint density at radius 1 is 1.14 bits per heavy atom. The Balaban J connectivity index is 1.67. The van der Waals surface area contributed by atoms with E-state index < -0.39 is 0 Å². The number of halogens is 2. The number of nitrogens with zero attached hydrogens (tertiary/aromatic N) is 2. The highest BCUT2D eigenvalue weighted by Gasteiger charge is 2.13. The van der Waals surface area contributed by atoms with Crippen LogP contribution in [0.15, 0.2) is 42.5 Å². The van der Waals surface area contributed by atoms with Crippen molar-refractivity contribution >= 4 is 45.8 Å². The summed E-state index contributed by atoms with van der Waals surface area (Å²) in [6, 6.07) is 13.3. The van der Waals surface area contributed by atoms with Crippen molar-refractivity contribution in [2.75, 3.05) is 11.9 Å². The van der Waals surface area contributed by atoms with Gasteiger partial charge in [-0.2, -0.15) is 0 Å². The SMILES string of the molecule is CCc1nc(NCCC(=O)NC(C)c2ccccc2)c2cc(Cl)cc(Cl)c2n1. The Morgan fingerprint density at radius 2 is 1.89 bits per heavy atom. The highest BCUT2D eigenvalue weighted by Crippen LogP contribution is 2.30. The van der Waals surface area contributed by atoms with E-state index in [4.69, 9.17) is 23.2 Å². The molecule has 0 aliphatic carbocycles. The van der Waals surface area contributed by atoms with Gasteiger partial charge in [0.1, 0.15) is 11.6 Å². The molecule has 7 heteroatoms. The highest BCUT2D eigenvalue weighted by molar-refractivity contribution is 6.38. The molecule has 2 N–H and O–H groups in total. The molecule has 0 aliphatic rings. The molecule has 1 amide bonds. The van der Waals surface area contributed by atoms with Crippen LogP contribution in [0.1, 0.15) is 37.7 Å². The number of carbonyl (C=O) groups is 1. The molecule has 0 aliphatic heterocycles. The van der Waals surface area contributed by atoms with E-state index in [0.717, 1.165) is 10.9 Å². The fourth-order valence-corrected chi connectivity index (χ4v) is 3.47. The van der Waals surface area contributed by atoms with Crippen LogP contribution in [0.5, 0.6) is 0 Å². The van der Waals surface area contributed by atoms with Crippen molar-refractivity contribution in [3.8, 4) is 0 Å². The van der Waals surface area contributed by atoms with Crippen molar-refractivity contribution in [1.29, 1.82) is 0 Å². The molecule has 2 aromatic carbocycles. The number of fused-ring (bicyclic) bond motifs is 1. The number of amides is 1. The van der Waals surface area contributed by atoms with Gasteiger partial charge in [-0.3, -0.25) is 4.79 Å². The number of hydrogen-bond donors (Lipinski definition) is 2. The Hall–Kier alpha value is -2.37. The number of aryl methyl sites for hydroxylation is 1. The first-order valence-electron chi connectivity index (χ1n) is 9.21. The molecular formula is C21H22Cl2N4O. The van der Waals surface area contributed by atoms with Crippen LogP contribution >= 0.6 is 23.2 Å². The number of aromatic nitrogens is 2. The van der Waals surface area contributed by atoms with Gasteiger partial charge in [-0.05, 0) is 24.6 Å². The second-order valence-corrected chi connectivity index (χ2v) is 7.35. The molecule has 1 heterocycles. The van der Waals surface area contributed by atoms with E-state index in [1.165, 1.54) is 0 Å². The molecule has 0 saturated heterocycles. The van der Waals surface area contributed by atoms with Gasteiger partial charge in [0.2, 0.25) is 5.91 Å². The Morgan fingerprint density at radius 3 is 2.61 bits per heavy atom. The molecule has 1 aromatic heterocycles. The lowest BCUT2D eigenvalue weighted by atomic mass is 10.1. The molecule has 0 radical (unpaired) electrons. The molecule has 1 atom stereocenters. The standard InChI is InChI=1S/C21H22Cl2N4O/c1-3-18-26-20-16(11-15(22)12-17(20)23)21(27-18)24-10-9-19(28)25-13(2)14-7-5-4-6-8-14/h4-8,11-13H,3,9-10H2,1-2H3,(H,25,28)(H,24,26,27). The van der Waals surface area contributed by atoms with E-state index in [1.807, 2.05) is 44.2 Å². The quantitative estimate of drug-likeness (QED) is 0.556. The molecule has 0 fully saturated rings. The summed E-state index contributed by atoms with van der Waals surface area (Å²) in [5, 5.41) is 7.98. The first kappa shape index (κ1) is 20.4. The van der Waals surface area contributed by atoms with Gasteiger partial charge in [-0.25, -0.2) is 9.97 Å². The number of hydrogen-bond acceptors (Lipinski definition) is 4. The topological polar surface area (TPSA) is 66.9 Å². The first-order valence-corrected chi connectivity index (χ1v) is 9.97. The van der Waals surface area contributed by atoms with Crippen LogP contribution in [-0.4, -0.2) is 22.4 Å². The number of carbonyl (C=O) groups excluding carboxylic acids is 1. The lowest BCUT2D eigenvalue weighted by molar-refractivity contribution is -0.121. The summed E-state index contributed by atoms with van der Waals surface area (Å²) in [5.41, 5.74) is 1.73. The predicted octanol–water partition coefficient (Wildman–Crippen LogP) is 5.18. The maximum Gasteiger partial charge on any atom is 0.222 e. The summed E-state index contributed by atoms with van der Waals surface area (Å²) in [6.45, 7) is 4.38. The summed E-state index contributed by atoms with van der Waals surface area (Å²) in [6.07, 6.45) is 0.997. The fraction of sp³-hybridized carbons (Fsp3) is 0.286. The minimum Gasteiger partial charge on any atom is -0.369 e. The zero-order chi connectivity index (χ0) is 20.1. The highest BCUT2D eigenvalue weighted by atomic mass is 35.5. The van der Waals surface area contributed by atoms with E-state index in [-0.39, 0.29) is 11.9 Å². The summed E-state index contributed by atoms with van der Waals surface area (Å²) in [4.78, 5) is 21.3. The molecule has 1 unspecified atom stereocenters.